The van der Waals surface area contributed by atoms with Crippen LogP contribution in [-0.2, 0) is 0 Å². The van der Waals surface area contributed by atoms with Crippen molar-refractivity contribution in [2.75, 3.05) is 13.2 Å². The summed E-state index contributed by atoms with van der Waals surface area (Å²) in [4.78, 5) is 14.2. The Kier molecular flexibility index (Phi) is 4.80. The van der Waals surface area contributed by atoms with Gasteiger partial charge in [0.25, 0.3) is 0 Å². The van der Waals surface area contributed by atoms with Crippen molar-refractivity contribution in [3.63, 3.8) is 0 Å². The average Bonchev–Trinajstić information content (AvgIpc) is 3.26. The van der Waals surface area contributed by atoms with Gasteiger partial charge in [0, 0.05) is 36.7 Å². The number of nitrogens with one attached hydrogen (secondary N) is 1. The number of aliphatic hydroxyl groups is 1. The first kappa shape index (κ1) is 16.2. The summed E-state index contributed by atoms with van der Waals surface area (Å²) in [6, 6.07) is 3.49. The van der Waals surface area contributed by atoms with E-state index in [0.29, 0.717) is 19.4 Å². The van der Waals surface area contributed by atoms with Crippen LogP contribution in [-0.4, -0.2) is 41.3 Å². The number of urea groups is 1. The number of carbonyl (C=O) groups is 1. The number of hydrogen-bond donors (Lipinski definition) is 2. The fourth-order valence-electron chi connectivity index (χ4n) is 3.50. The van der Waals surface area contributed by atoms with Crippen LogP contribution in [0.3, 0.4) is 0 Å². The first-order valence-corrected chi connectivity index (χ1v) is 8.23. The van der Waals surface area contributed by atoms with E-state index < -0.39 is 11.6 Å². The molecule has 3 atom stereocenters. The van der Waals surface area contributed by atoms with Gasteiger partial charge in [0.05, 0.1) is 0 Å². The number of benzene rings is 1. The third kappa shape index (κ3) is 3.47. The lowest BCUT2D eigenvalue weighted by Crippen LogP contribution is -2.49. The summed E-state index contributed by atoms with van der Waals surface area (Å²) in [5, 5.41) is 12.0. The molecule has 0 spiro atoms. The van der Waals surface area contributed by atoms with E-state index in [-0.39, 0.29) is 36.2 Å². The van der Waals surface area contributed by atoms with Gasteiger partial charge in [0.2, 0.25) is 0 Å². The van der Waals surface area contributed by atoms with Gasteiger partial charge in [0.15, 0.2) is 0 Å². The molecule has 2 amide bonds. The number of piperidine rings is 1. The SMILES string of the molecule is O=C(NC1CC1c1c(F)cccc1F)N1CCCCC1CCO. The highest BCUT2D eigenvalue weighted by Gasteiger charge is 2.43. The Morgan fingerprint density at radius 2 is 2.04 bits per heavy atom. The third-order valence-corrected chi connectivity index (χ3v) is 4.82. The smallest absolute Gasteiger partial charge is 0.317 e. The number of amides is 2. The summed E-state index contributed by atoms with van der Waals surface area (Å²) in [5.74, 6) is -1.40. The minimum Gasteiger partial charge on any atom is -0.396 e. The molecule has 1 aliphatic carbocycles. The number of likely N-dealkylation sites (tertiary alicyclic amines) is 1. The molecule has 6 heteroatoms. The Morgan fingerprint density at radius 1 is 1.30 bits per heavy atom. The molecule has 126 valence electrons. The highest BCUT2D eigenvalue weighted by molar-refractivity contribution is 5.75. The lowest BCUT2D eigenvalue weighted by Gasteiger charge is -2.35. The van der Waals surface area contributed by atoms with Gasteiger partial charge in [-0.25, -0.2) is 13.6 Å². The number of carbonyl (C=O) groups excluding carboxylic acids is 1. The van der Waals surface area contributed by atoms with Crippen LogP contribution in [0.25, 0.3) is 0 Å². The average molecular weight is 324 g/mol. The molecule has 1 aliphatic heterocycles. The first-order valence-electron chi connectivity index (χ1n) is 8.23. The highest BCUT2D eigenvalue weighted by Crippen LogP contribution is 2.43. The van der Waals surface area contributed by atoms with Crippen molar-refractivity contribution < 1.29 is 18.7 Å². The van der Waals surface area contributed by atoms with Gasteiger partial charge in [-0.05, 0) is 44.2 Å². The normalized spacial score (nSPS) is 26.9. The Bertz CT molecular complexity index is 559. The molecule has 0 bridgehead atoms. The van der Waals surface area contributed by atoms with Crippen molar-refractivity contribution in [1.82, 2.24) is 10.2 Å². The molecule has 4 nitrogen and oxygen atoms in total. The van der Waals surface area contributed by atoms with E-state index in [9.17, 15) is 13.6 Å². The maximum Gasteiger partial charge on any atom is 0.317 e. The van der Waals surface area contributed by atoms with Crippen LogP contribution < -0.4 is 5.32 Å². The van der Waals surface area contributed by atoms with Gasteiger partial charge >= 0.3 is 6.03 Å². The highest BCUT2D eigenvalue weighted by atomic mass is 19.1. The molecular formula is C17H22F2N2O2. The molecule has 3 unspecified atom stereocenters. The van der Waals surface area contributed by atoms with Crippen LogP contribution in [0, 0.1) is 11.6 Å². The van der Waals surface area contributed by atoms with Crippen LogP contribution in [0.4, 0.5) is 13.6 Å². The lowest BCUT2D eigenvalue weighted by atomic mass is 10.0. The Hall–Kier alpha value is -1.69. The molecule has 2 N–H and O–H groups in total. The van der Waals surface area contributed by atoms with Gasteiger partial charge in [-0.2, -0.15) is 0 Å². The zero-order valence-electron chi connectivity index (χ0n) is 13.0. The van der Waals surface area contributed by atoms with E-state index in [4.69, 9.17) is 5.11 Å². The zero-order chi connectivity index (χ0) is 16.4. The van der Waals surface area contributed by atoms with Gasteiger partial charge in [0.1, 0.15) is 11.6 Å². The number of nitrogens with zero attached hydrogens (tertiary/aromatic N) is 1. The van der Waals surface area contributed by atoms with E-state index in [1.807, 2.05) is 0 Å². The predicted molar refractivity (Wildman–Crippen MR) is 82.1 cm³/mol. The van der Waals surface area contributed by atoms with Crippen LogP contribution in [0.2, 0.25) is 0 Å². The molecular weight excluding hydrogens is 302 g/mol. The van der Waals surface area contributed by atoms with E-state index in [1.165, 1.54) is 18.2 Å². The Balaban J connectivity index is 1.61. The van der Waals surface area contributed by atoms with Crippen molar-refractivity contribution in [2.24, 2.45) is 0 Å². The molecule has 1 aromatic rings. The van der Waals surface area contributed by atoms with Crippen LogP contribution in [0.15, 0.2) is 18.2 Å². The van der Waals surface area contributed by atoms with Crippen molar-refractivity contribution in [1.29, 1.82) is 0 Å². The molecule has 1 saturated carbocycles. The summed E-state index contributed by atoms with van der Waals surface area (Å²) < 4.78 is 27.6. The largest absolute Gasteiger partial charge is 0.396 e. The summed E-state index contributed by atoms with van der Waals surface area (Å²) in [6.07, 6.45) is 4.03. The van der Waals surface area contributed by atoms with Gasteiger partial charge in [-0.1, -0.05) is 6.07 Å². The third-order valence-electron chi connectivity index (χ3n) is 4.82. The summed E-state index contributed by atoms with van der Waals surface area (Å²) in [7, 11) is 0. The summed E-state index contributed by atoms with van der Waals surface area (Å²) >= 11 is 0. The molecule has 3 rings (SSSR count). The quantitative estimate of drug-likeness (QED) is 0.895. The molecule has 0 radical (unpaired) electrons. The second-order valence-corrected chi connectivity index (χ2v) is 6.39. The van der Waals surface area contributed by atoms with Crippen LogP contribution in [0.1, 0.15) is 43.6 Å². The maximum atomic E-state index is 13.8. The number of hydrogen-bond acceptors (Lipinski definition) is 2. The summed E-state index contributed by atoms with van der Waals surface area (Å²) in [5.41, 5.74) is 0.0725. The molecule has 23 heavy (non-hydrogen) atoms. The van der Waals surface area contributed by atoms with Gasteiger partial charge < -0.3 is 15.3 Å². The minimum atomic E-state index is -0.553. The topological polar surface area (TPSA) is 52.6 Å². The fourth-order valence-corrected chi connectivity index (χ4v) is 3.50. The first-order chi connectivity index (χ1) is 11.1. The second-order valence-electron chi connectivity index (χ2n) is 6.39. The molecule has 2 fully saturated rings. The van der Waals surface area contributed by atoms with Crippen molar-refractivity contribution >= 4 is 6.03 Å². The van der Waals surface area contributed by atoms with E-state index in [0.717, 1.165) is 19.3 Å². The second kappa shape index (κ2) is 6.83. The number of halogens is 2. The number of rotatable bonds is 4. The van der Waals surface area contributed by atoms with E-state index in [2.05, 4.69) is 5.32 Å². The van der Waals surface area contributed by atoms with Crippen LogP contribution in [0.5, 0.6) is 0 Å². The van der Waals surface area contributed by atoms with Crippen molar-refractivity contribution in [3.8, 4) is 0 Å². The molecule has 0 aromatic heterocycles. The van der Waals surface area contributed by atoms with E-state index >= 15 is 0 Å². The monoisotopic (exact) mass is 324 g/mol. The standard InChI is InChI=1S/C17H22F2N2O2/c18-13-5-3-6-14(19)16(13)12-10-15(12)20-17(23)21-8-2-1-4-11(21)7-9-22/h3,5-6,11-12,15,22H,1-2,4,7-10H2,(H,20,23). The van der Waals surface area contributed by atoms with Crippen molar-refractivity contribution in [3.05, 3.63) is 35.4 Å². The van der Waals surface area contributed by atoms with Gasteiger partial charge in [-0.15, -0.1) is 0 Å². The van der Waals surface area contributed by atoms with Crippen LogP contribution >= 0.6 is 0 Å². The summed E-state index contributed by atoms with van der Waals surface area (Å²) in [6.45, 7) is 0.725. The number of aliphatic hydroxyl groups excluding tert-OH is 1. The molecule has 2 aliphatic rings. The van der Waals surface area contributed by atoms with E-state index in [1.54, 1.807) is 4.90 Å². The lowest BCUT2D eigenvalue weighted by molar-refractivity contribution is 0.131. The van der Waals surface area contributed by atoms with Crippen molar-refractivity contribution in [2.45, 2.75) is 50.1 Å². The predicted octanol–water partition coefficient (Wildman–Crippen LogP) is 2.77. The Morgan fingerprint density at radius 3 is 2.74 bits per heavy atom. The molecule has 1 heterocycles. The fraction of sp³-hybridized carbons (Fsp3) is 0.588. The minimum absolute atomic E-state index is 0.0520. The molecule has 1 saturated heterocycles. The molecule has 1 aromatic carbocycles. The zero-order valence-corrected chi connectivity index (χ0v) is 13.0. The van der Waals surface area contributed by atoms with Gasteiger partial charge in [-0.3, -0.25) is 0 Å². The Labute approximate surface area is 134 Å². The maximum absolute atomic E-state index is 13.8.